The average molecular weight is 226 g/mol. The van der Waals surface area contributed by atoms with Crippen LogP contribution in [0.25, 0.3) is 0 Å². The van der Waals surface area contributed by atoms with Crippen LogP contribution >= 0.6 is 0 Å². The average Bonchev–Trinajstić information content (AvgIpc) is 1.87. The number of anilines is 1. The van der Waals surface area contributed by atoms with E-state index < -0.39 is 0 Å². The van der Waals surface area contributed by atoms with Crippen molar-refractivity contribution >= 4 is 29.8 Å². The Kier molecular flexibility index (Phi) is 1.55. The molecule has 1 aromatic rings. The van der Waals surface area contributed by atoms with Crippen LogP contribution in [0.15, 0.2) is 6.07 Å². The molecule has 1 rings (SSSR count). The fraction of sp³-hybridized carbons (Fsp3) is 0. The summed E-state index contributed by atoms with van der Waals surface area (Å²) in [6.45, 7) is 0. The molecule has 2 nitrogen and oxygen atoms in total. The van der Waals surface area contributed by atoms with E-state index in [1.807, 2.05) is 0 Å². The van der Waals surface area contributed by atoms with E-state index in [1.165, 1.54) is 0 Å². The molecule has 1 aromatic heterocycles. The molecule has 38 valence electrons. The molecule has 0 aliphatic heterocycles. The molecule has 0 aliphatic rings. The minimum atomic E-state index is 0.428. The Bertz CT molecular complexity index is 199. The van der Waals surface area contributed by atoms with Crippen molar-refractivity contribution in [2.75, 3.05) is 5.73 Å². The van der Waals surface area contributed by atoms with Crippen molar-refractivity contribution in [2.45, 2.75) is 0 Å². The van der Waals surface area contributed by atoms with Gasteiger partial charge in [0.2, 0.25) is 0 Å². The van der Waals surface area contributed by atoms with Crippen LogP contribution in [0.4, 0.5) is 4.56 Å². The summed E-state index contributed by atoms with van der Waals surface area (Å²) in [4.78, 5) is 0. The van der Waals surface area contributed by atoms with Gasteiger partial charge in [-0.2, -0.15) is 0 Å². The zero-order valence-corrected chi connectivity index (χ0v) is 6.90. The van der Waals surface area contributed by atoms with Gasteiger partial charge in [-0.15, -0.1) is 0 Å². The normalized spacial score (nSPS) is 9.14. The van der Waals surface area contributed by atoms with E-state index in [0.29, 0.717) is 25.3 Å². The van der Waals surface area contributed by atoms with Gasteiger partial charge in [-0.3, -0.25) is 0 Å². The van der Waals surface area contributed by atoms with Gasteiger partial charge in [0.15, 0.2) is 0 Å². The Labute approximate surface area is 51.5 Å². The summed E-state index contributed by atoms with van der Waals surface area (Å²) < 4.78 is 1.70. The van der Waals surface area contributed by atoms with E-state index in [2.05, 4.69) is 0 Å². The van der Waals surface area contributed by atoms with Crippen LogP contribution in [0.2, 0.25) is 0 Å². The van der Waals surface area contributed by atoms with Crippen molar-refractivity contribution in [1.29, 1.82) is 5.41 Å². The molecule has 0 unspecified atom stereocenters. The van der Waals surface area contributed by atoms with Crippen LogP contribution in [0.1, 0.15) is 0 Å². The Morgan fingerprint density at radius 1 is 1.57 bits per heavy atom. The molecule has 0 fully saturated rings. The van der Waals surface area contributed by atoms with Gasteiger partial charge in [-0.25, -0.2) is 0 Å². The molecule has 0 spiro atoms. The molecule has 0 amide bonds. The predicted octanol–water partition coefficient (Wildman–Crippen LogP) is -1.14. The van der Waals surface area contributed by atoms with Gasteiger partial charge in [-0.05, 0) is 0 Å². The summed E-state index contributed by atoms with van der Waals surface area (Å²) in [5.74, 6) is 0. The molecule has 0 atom stereocenters. The Morgan fingerprint density at radius 3 is 2.43 bits per heavy atom. The zero-order valence-electron chi connectivity index (χ0n) is 3.47. The molecule has 1 heterocycles. The van der Waals surface area contributed by atoms with Gasteiger partial charge >= 0.3 is 51.3 Å². The number of nitrogens with one attached hydrogen (secondary N) is 1. The molecular formula is C3H4N2Se2. The summed E-state index contributed by atoms with van der Waals surface area (Å²) in [5, 5.41) is 7.07. The first-order valence-corrected chi connectivity index (χ1v) is 7.74. The number of nitrogens with two attached hydrogens (primary N) is 1. The van der Waals surface area contributed by atoms with E-state index in [-0.39, 0.29) is 0 Å². The molecule has 0 aromatic carbocycles. The molecular weight excluding hydrogens is 222 g/mol. The van der Waals surface area contributed by atoms with Crippen LogP contribution in [0.5, 0.6) is 0 Å². The van der Waals surface area contributed by atoms with Crippen molar-refractivity contribution in [3.8, 4) is 0 Å². The van der Waals surface area contributed by atoms with Crippen LogP contribution in [0.3, 0.4) is 0 Å². The molecule has 0 saturated heterocycles. The minimum absolute atomic E-state index is 0.428. The number of hydrogen-bond acceptors (Lipinski definition) is 2. The SMILES string of the molecule is N=c1cc(N)[se][se]1. The monoisotopic (exact) mass is 228 g/mol. The molecule has 0 bridgehead atoms. The van der Waals surface area contributed by atoms with Crippen molar-refractivity contribution in [1.82, 2.24) is 0 Å². The fourth-order valence-electron chi connectivity index (χ4n) is 0.270. The second-order valence-corrected chi connectivity index (χ2v) is 7.32. The van der Waals surface area contributed by atoms with Crippen LogP contribution in [-0.2, 0) is 0 Å². The standard InChI is InChI=1S/C3H4N2Se2/c4-2-1-3(5)7-6-2/h1,4H,5H2. The van der Waals surface area contributed by atoms with Gasteiger partial charge in [-0.1, -0.05) is 0 Å². The first kappa shape index (κ1) is 5.39. The summed E-state index contributed by atoms with van der Waals surface area (Å²) in [6.07, 6.45) is 0. The summed E-state index contributed by atoms with van der Waals surface area (Å²) >= 11 is 0.904. The van der Waals surface area contributed by atoms with Crippen LogP contribution < -0.4 is 9.96 Å². The summed E-state index contributed by atoms with van der Waals surface area (Å²) in [5.41, 5.74) is 5.39. The van der Waals surface area contributed by atoms with Gasteiger partial charge in [0, 0.05) is 0 Å². The quantitative estimate of drug-likeness (QED) is 0.540. The molecule has 4 heteroatoms. The Balaban J connectivity index is 3.30. The van der Waals surface area contributed by atoms with Crippen molar-refractivity contribution in [2.24, 2.45) is 0 Å². The van der Waals surface area contributed by atoms with E-state index in [9.17, 15) is 0 Å². The van der Waals surface area contributed by atoms with E-state index in [4.69, 9.17) is 11.1 Å². The zero-order chi connectivity index (χ0) is 5.28. The number of nitrogen functional groups attached to an aromatic ring is 1. The summed E-state index contributed by atoms with van der Waals surface area (Å²) in [7, 11) is 0. The predicted molar refractivity (Wildman–Crippen MR) is 30.6 cm³/mol. The first-order chi connectivity index (χ1) is 3.29. The van der Waals surface area contributed by atoms with Crippen LogP contribution in [0, 0.1) is 5.41 Å². The third kappa shape index (κ3) is 1.32. The molecule has 7 heavy (non-hydrogen) atoms. The number of hydrogen-bond donors (Lipinski definition) is 2. The van der Waals surface area contributed by atoms with Gasteiger partial charge in [0.1, 0.15) is 0 Å². The van der Waals surface area contributed by atoms with Gasteiger partial charge in [0.25, 0.3) is 0 Å². The van der Waals surface area contributed by atoms with Gasteiger partial charge < -0.3 is 0 Å². The van der Waals surface area contributed by atoms with Crippen molar-refractivity contribution in [3.05, 3.63) is 10.3 Å². The molecule has 0 aliphatic carbocycles. The third-order valence-electron chi connectivity index (χ3n) is 0.501. The van der Waals surface area contributed by atoms with E-state index >= 15 is 0 Å². The second-order valence-electron chi connectivity index (χ2n) is 1.08. The maximum absolute atomic E-state index is 7.07. The maximum atomic E-state index is 7.07. The first-order valence-electron chi connectivity index (χ1n) is 1.69. The molecule has 3 N–H and O–H groups in total. The third-order valence-corrected chi connectivity index (χ3v) is 6.91. The second kappa shape index (κ2) is 2.01. The van der Waals surface area contributed by atoms with Crippen molar-refractivity contribution < 1.29 is 0 Å². The van der Waals surface area contributed by atoms with E-state index in [0.717, 1.165) is 8.79 Å². The molecule has 0 radical (unpaired) electrons. The number of rotatable bonds is 0. The topological polar surface area (TPSA) is 49.9 Å². The van der Waals surface area contributed by atoms with Gasteiger partial charge in [0.05, 0.1) is 0 Å². The van der Waals surface area contributed by atoms with Crippen molar-refractivity contribution in [3.63, 3.8) is 0 Å². The Hall–Kier alpha value is 0.249. The molecule has 0 saturated carbocycles. The fourth-order valence-corrected chi connectivity index (χ4v) is 4.83. The Morgan fingerprint density at radius 2 is 2.29 bits per heavy atom. The summed E-state index contributed by atoms with van der Waals surface area (Å²) in [6, 6.07) is 1.78. The van der Waals surface area contributed by atoms with Crippen LogP contribution in [-0.4, -0.2) is 25.3 Å². The van der Waals surface area contributed by atoms with E-state index in [1.54, 1.807) is 6.07 Å².